The molecule has 0 fully saturated rings. The third kappa shape index (κ3) is 3.70. The summed E-state index contributed by atoms with van der Waals surface area (Å²) in [6.07, 6.45) is 1.29. The van der Waals surface area contributed by atoms with Crippen molar-refractivity contribution in [3.05, 3.63) is 48.0 Å². The van der Waals surface area contributed by atoms with Crippen LogP contribution < -0.4 is 10.6 Å². The molecule has 2 aromatic carbocycles. The fourth-order valence-corrected chi connectivity index (χ4v) is 4.57. The van der Waals surface area contributed by atoms with Gasteiger partial charge in [-0.2, -0.15) is 0 Å². The summed E-state index contributed by atoms with van der Waals surface area (Å²) in [6, 6.07) is 14.7. The van der Waals surface area contributed by atoms with Crippen LogP contribution in [0.2, 0.25) is 0 Å². The number of nitrogens with one attached hydrogen (secondary N) is 1. The van der Waals surface area contributed by atoms with Crippen LogP contribution in [0.1, 0.15) is 32.8 Å². The number of rotatable bonds is 6. The fourth-order valence-electron chi connectivity index (χ4n) is 3.52. The Kier molecular flexibility index (Phi) is 6.98. The zero-order chi connectivity index (χ0) is 18.0. The van der Waals surface area contributed by atoms with Crippen molar-refractivity contribution in [2.24, 2.45) is 5.73 Å². The molecular formula is C20H27ClN4S. The average Bonchev–Trinajstić information content (AvgIpc) is 2.64. The van der Waals surface area contributed by atoms with E-state index in [1.165, 1.54) is 15.5 Å². The Bertz CT molecular complexity index is 776. The van der Waals surface area contributed by atoms with Crippen molar-refractivity contribution in [2.75, 3.05) is 18.0 Å². The van der Waals surface area contributed by atoms with Gasteiger partial charge in [0.25, 0.3) is 0 Å². The molecular weight excluding hydrogens is 364 g/mol. The first kappa shape index (κ1) is 20.6. The van der Waals surface area contributed by atoms with Gasteiger partial charge in [-0.25, -0.2) is 0 Å². The van der Waals surface area contributed by atoms with E-state index in [0.717, 1.165) is 30.8 Å². The number of benzene rings is 2. The standard InChI is InChI=1S/C20H26N4S.ClH/c1-4-19(23(5-2)6-3)24-15-9-7-8-10-17(15)25-18-12-11-14(20(21)22)13-16(18)24;/h7-13,19H,4-6H2,1-3H3,(H3,21,22);1H. The quantitative estimate of drug-likeness (QED) is 0.533. The molecule has 3 N–H and O–H groups in total. The minimum Gasteiger partial charge on any atom is -0.384 e. The van der Waals surface area contributed by atoms with Crippen molar-refractivity contribution in [3.8, 4) is 0 Å². The number of para-hydroxylation sites is 1. The first-order valence-electron chi connectivity index (χ1n) is 8.89. The largest absolute Gasteiger partial charge is 0.384 e. The molecule has 0 radical (unpaired) electrons. The van der Waals surface area contributed by atoms with E-state index in [4.69, 9.17) is 11.1 Å². The predicted octanol–water partition coefficient (Wildman–Crippen LogP) is 5.07. The molecule has 26 heavy (non-hydrogen) atoms. The smallest absolute Gasteiger partial charge is 0.122 e. The summed E-state index contributed by atoms with van der Waals surface area (Å²) in [7, 11) is 0. The number of anilines is 2. The van der Waals surface area contributed by atoms with E-state index in [1.807, 2.05) is 6.07 Å². The Hall–Kier alpha value is -1.69. The van der Waals surface area contributed by atoms with Crippen LogP contribution in [0.4, 0.5) is 11.4 Å². The molecule has 0 saturated carbocycles. The summed E-state index contributed by atoms with van der Waals surface area (Å²) < 4.78 is 0. The van der Waals surface area contributed by atoms with Crippen LogP contribution in [0.25, 0.3) is 0 Å². The maximum Gasteiger partial charge on any atom is 0.122 e. The molecule has 1 heterocycles. The van der Waals surface area contributed by atoms with Crippen molar-refractivity contribution >= 4 is 41.4 Å². The highest BCUT2D eigenvalue weighted by atomic mass is 35.5. The van der Waals surface area contributed by atoms with Gasteiger partial charge in [-0.05, 0) is 43.8 Å². The van der Waals surface area contributed by atoms with Crippen molar-refractivity contribution in [2.45, 2.75) is 43.1 Å². The highest BCUT2D eigenvalue weighted by molar-refractivity contribution is 7.99. The highest BCUT2D eigenvalue weighted by Crippen LogP contribution is 2.49. The minimum absolute atomic E-state index is 0. The van der Waals surface area contributed by atoms with Crippen molar-refractivity contribution in [3.63, 3.8) is 0 Å². The molecule has 0 aromatic heterocycles. The minimum atomic E-state index is 0. The van der Waals surface area contributed by atoms with E-state index in [-0.39, 0.29) is 24.4 Å². The number of hydrogen-bond donors (Lipinski definition) is 2. The third-order valence-electron chi connectivity index (χ3n) is 4.77. The molecule has 1 atom stereocenters. The maximum atomic E-state index is 7.81. The predicted molar refractivity (Wildman–Crippen MR) is 114 cm³/mol. The monoisotopic (exact) mass is 390 g/mol. The van der Waals surface area contributed by atoms with Crippen LogP contribution in [-0.4, -0.2) is 30.0 Å². The maximum absolute atomic E-state index is 7.81. The van der Waals surface area contributed by atoms with E-state index in [0.29, 0.717) is 0 Å². The molecule has 140 valence electrons. The number of nitrogens with zero attached hydrogens (tertiary/aromatic N) is 2. The van der Waals surface area contributed by atoms with Crippen molar-refractivity contribution in [1.29, 1.82) is 5.41 Å². The van der Waals surface area contributed by atoms with Gasteiger partial charge in [0.2, 0.25) is 0 Å². The molecule has 0 amide bonds. The summed E-state index contributed by atoms with van der Waals surface area (Å²) >= 11 is 1.79. The molecule has 4 nitrogen and oxygen atoms in total. The van der Waals surface area contributed by atoms with Gasteiger partial charge in [-0.3, -0.25) is 10.3 Å². The summed E-state index contributed by atoms with van der Waals surface area (Å²) in [5.74, 6) is 0.113. The number of amidine groups is 1. The summed E-state index contributed by atoms with van der Waals surface area (Å²) in [5.41, 5.74) is 8.92. The Balaban J connectivity index is 0.00000243. The molecule has 0 aliphatic carbocycles. The Morgan fingerprint density at radius 2 is 1.73 bits per heavy atom. The lowest BCUT2D eigenvalue weighted by molar-refractivity contribution is 0.213. The van der Waals surface area contributed by atoms with Gasteiger partial charge in [0.15, 0.2) is 0 Å². The van der Waals surface area contributed by atoms with E-state index in [2.05, 4.69) is 67.0 Å². The second-order valence-electron chi connectivity index (χ2n) is 6.15. The van der Waals surface area contributed by atoms with Crippen LogP contribution in [0.3, 0.4) is 0 Å². The van der Waals surface area contributed by atoms with Crippen LogP contribution in [0, 0.1) is 5.41 Å². The first-order valence-corrected chi connectivity index (χ1v) is 9.70. The van der Waals surface area contributed by atoms with Gasteiger partial charge < -0.3 is 10.6 Å². The second-order valence-corrected chi connectivity index (χ2v) is 7.23. The number of hydrogen-bond acceptors (Lipinski definition) is 4. The summed E-state index contributed by atoms with van der Waals surface area (Å²) in [5, 5.41) is 7.81. The number of nitrogen functional groups attached to an aromatic ring is 1. The molecule has 1 unspecified atom stereocenters. The topological polar surface area (TPSA) is 56.4 Å². The van der Waals surface area contributed by atoms with Crippen LogP contribution >= 0.6 is 24.2 Å². The highest BCUT2D eigenvalue weighted by Gasteiger charge is 2.31. The van der Waals surface area contributed by atoms with Gasteiger partial charge >= 0.3 is 0 Å². The number of halogens is 1. The van der Waals surface area contributed by atoms with Gasteiger partial charge in [0, 0.05) is 15.4 Å². The summed E-state index contributed by atoms with van der Waals surface area (Å²) in [4.78, 5) is 7.41. The van der Waals surface area contributed by atoms with Gasteiger partial charge in [-0.1, -0.05) is 50.7 Å². The fraction of sp³-hybridized carbons (Fsp3) is 0.350. The zero-order valence-corrected chi connectivity index (χ0v) is 17.2. The molecule has 1 aliphatic rings. The molecule has 6 heteroatoms. The van der Waals surface area contributed by atoms with E-state index in [9.17, 15) is 0 Å². The molecule has 3 rings (SSSR count). The summed E-state index contributed by atoms with van der Waals surface area (Å²) in [6.45, 7) is 8.67. The number of nitrogens with two attached hydrogens (primary N) is 1. The average molecular weight is 391 g/mol. The van der Waals surface area contributed by atoms with Gasteiger partial charge in [-0.15, -0.1) is 12.4 Å². The van der Waals surface area contributed by atoms with Gasteiger partial charge in [0.1, 0.15) is 5.84 Å². The van der Waals surface area contributed by atoms with Crippen molar-refractivity contribution < 1.29 is 0 Å². The van der Waals surface area contributed by atoms with Crippen LogP contribution in [0.5, 0.6) is 0 Å². The lowest BCUT2D eigenvalue weighted by atomic mass is 10.1. The lowest BCUT2D eigenvalue weighted by Crippen LogP contribution is -2.46. The van der Waals surface area contributed by atoms with Crippen molar-refractivity contribution in [1.82, 2.24) is 4.90 Å². The molecule has 0 saturated heterocycles. The zero-order valence-electron chi connectivity index (χ0n) is 15.5. The molecule has 2 aromatic rings. The van der Waals surface area contributed by atoms with E-state index in [1.54, 1.807) is 11.8 Å². The Morgan fingerprint density at radius 1 is 1.08 bits per heavy atom. The SMILES string of the molecule is CCC(N(CC)CC)N1c2ccccc2Sc2ccc(C(=N)N)cc21.Cl. The van der Waals surface area contributed by atoms with E-state index < -0.39 is 0 Å². The Labute approximate surface area is 166 Å². The normalized spacial score (nSPS) is 13.6. The lowest BCUT2D eigenvalue weighted by Gasteiger charge is -2.43. The Morgan fingerprint density at radius 3 is 2.35 bits per heavy atom. The first-order chi connectivity index (χ1) is 12.1. The second kappa shape index (κ2) is 8.80. The third-order valence-corrected chi connectivity index (χ3v) is 5.90. The molecule has 1 aliphatic heterocycles. The molecule has 0 spiro atoms. The molecule has 0 bridgehead atoms. The van der Waals surface area contributed by atoms with Crippen LogP contribution in [0.15, 0.2) is 52.3 Å². The van der Waals surface area contributed by atoms with Gasteiger partial charge in [0.05, 0.1) is 17.5 Å². The number of fused-ring (bicyclic) bond motifs is 2. The van der Waals surface area contributed by atoms with Crippen LogP contribution in [-0.2, 0) is 0 Å². The van der Waals surface area contributed by atoms with E-state index >= 15 is 0 Å².